The summed E-state index contributed by atoms with van der Waals surface area (Å²) in [6.07, 6.45) is 5.62. The highest BCUT2D eigenvalue weighted by Crippen LogP contribution is 2.25. The first-order valence-corrected chi connectivity index (χ1v) is 7.52. The quantitative estimate of drug-likeness (QED) is 0.852. The van der Waals surface area contributed by atoms with E-state index in [1.165, 1.54) is 19.3 Å². The normalized spacial score (nSPS) is 24.8. The third-order valence-corrected chi connectivity index (χ3v) is 4.11. The van der Waals surface area contributed by atoms with E-state index >= 15 is 0 Å². The van der Waals surface area contributed by atoms with Crippen LogP contribution >= 0.6 is 0 Å². The van der Waals surface area contributed by atoms with Gasteiger partial charge in [-0.05, 0) is 31.7 Å². The fourth-order valence-electron chi connectivity index (χ4n) is 2.86. The number of aryl methyl sites for hydroxylation is 1. The van der Waals surface area contributed by atoms with Gasteiger partial charge in [0.25, 0.3) is 0 Å². The summed E-state index contributed by atoms with van der Waals surface area (Å²) in [5.41, 5.74) is 5.91. The number of rotatable bonds is 6. The lowest BCUT2D eigenvalue weighted by Crippen LogP contribution is -2.46. The topological polar surface area (TPSA) is 68.2 Å². The van der Waals surface area contributed by atoms with E-state index in [1.54, 1.807) is 0 Å². The van der Waals surface area contributed by atoms with Gasteiger partial charge in [-0.3, -0.25) is 4.90 Å². The van der Waals surface area contributed by atoms with Crippen LogP contribution in [0, 0.1) is 5.92 Å². The van der Waals surface area contributed by atoms with Crippen LogP contribution in [0.25, 0.3) is 0 Å². The fraction of sp³-hybridized carbons (Fsp3) is 0.857. The largest absolute Gasteiger partial charge is 0.339 e. The molecule has 1 aromatic rings. The molecule has 0 radical (unpaired) electrons. The van der Waals surface area contributed by atoms with Crippen molar-refractivity contribution in [3.05, 3.63) is 11.7 Å². The standard InChI is InChI=1S/C14H26N4O/c1-3-5-14-16-13(17-19-14)10-18-7-6-11(4-2)8-12(18)9-15/h11-12H,3-10,15H2,1-2H3. The maximum absolute atomic E-state index is 5.91. The van der Waals surface area contributed by atoms with Gasteiger partial charge < -0.3 is 10.3 Å². The first-order valence-electron chi connectivity index (χ1n) is 7.52. The minimum absolute atomic E-state index is 0.465. The summed E-state index contributed by atoms with van der Waals surface area (Å²) in [6.45, 7) is 6.97. The van der Waals surface area contributed by atoms with Gasteiger partial charge in [-0.2, -0.15) is 4.98 Å². The van der Waals surface area contributed by atoms with Gasteiger partial charge in [0.15, 0.2) is 5.82 Å². The second-order valence-electron chi connectivity index (χ2n) is 5.51. The van der Waals surface area contributed by atoms with E-state index in [0.717, 1.165) is 50.1 Å². The molecule has 1 aliphatic heterocycles. The molecule has 0 bridgehead atoms. The lowest BCUT2D eigenvalue weighted by molar-refractivity contribution is 0.104. The van der Waals surface area contributed by atoms with Crippen molar-refractivity contribution in [3.63, 3.8) is 0 Å². The van der Waals surface area contributed by atoms with Gasteiger partial charge in [0.1, 0.15) is 0 Å². The minimum Gasteiger partial charge on any atom is -0.339 e. The predicted octanol–water partition coefficient (Wildman–Crippen LogP) is 1.97. The molecule has 2 unspecified atom stereocenters. The van der Waals surface area contributed by atoms with Gasteiger partial charge in [0.05, 0.1) is 6.54 Å². The Morgan fingerprint density at radius 1 is 1.42 bits per heavy atom. The molecule has 0 aliphatic carbocycles. The molecule has 2 heterocycles. The zero-order valence-corrected chi connectivity index (χ0v) is 12.1. The fourth-order valence-corrected chi connectivity index (χ4v) is 2.86. The summed E-state index contributed by atoms with van der Waals surface area (Å²) < 4.78 is 5.24. The number of hydrogen-bond acceptors (Lipinski definition) is 5. The molecule has 1 saturated heterocycles. The Labute approximate surface area is 115 Å². The van der Waals surface area contributed by atoms with Crippen molar-refractivity contribution in [2.75, 3.05) is 13.1 Å². The van der Waals surface area contributed by atoms with Gasteiger partial charge >= 0.3 is 0 Å². The Bertz CT molecular complexity index is 379. The molecule has 108 valence electrons. The summed E-state index contributed by atoms with van der Waals surface area (Å²) in [5.74, 6) is 2.38. The molecule has 2 N–H and O–H groups in total. The van der Waals surface area contributed by atoms with Crippen molar-refractivity contribution in [3.8, 4) is 0 Å². The van der Waals surface area contributed by atoms with Gasteiger partial charge in [-0.25, -0.2) is 0 Å². The molecule has 2 rings (SSSR count). The molecule has 2 atom stereocenters. The molecule has 0 aromatic carbocycles. The van der Waals surface area contributed by atoms with Crippen LogP contribution in [0.4, 0.5) is 0 Å². The molecule has 1 aromatic heterocycles. The second kappa shape index (κ2) is 7.01. The maximum atomic E-state index is 5.91. The van der Waals surface area contributed by atoms with Gasteiger partial charge in [-0.1, -0.05) is 25.4 Å². The molecular weight excluding hydrogens is 240 g/mol. The number of piperidine rings is 1. The van der Waals surface area contributed by atoms with E-state index in [1.807, 2.05) is 0 Å². The Morgan fingerprint density at radius 3 is 2.95 bits per heavy atom. The van der Waals surface area contributed by atoms with Crippen molar-refractivity contribution in [1.82, 2.24) is 15.0 Å². The van der Waals surface area contributed by atoms with E-state index in [9.17, 15) is 0 Å². The number of hydrogen-bond donors (Lipinski definition) is 1. The summed E-state index contributed by atoms with van der Waals surface area (Å²) in [7, 11) is 0. The van der Waals surface area contributed by atoms with Crippen LogP contribution in [-0.2, 0) is 13.0 Å². The van der Waals surface area contributed by atoms with Gasteiger partial charge in [0.2, 0.25) is 5.89 Å². The summed E-state index contributed by atoms with van der Waals surface area (Å²) in [5, 5.41) is 4.07. The van der Waals surface area contributed by atoms with Gasteiger partial charge in [-0.15, -0.1) is 0 Å². The van der Waals surface area contributed by atoms with Crippen molar-refractivity contribution < 1.29 is 4.52 Å². The third-order valence-electron chi connectivity index (χ3n) is 4.11. The van der Waals surface area contributed by atoms with Crippen LogP contribution in [0.5, 0.6) is 0 Å². The van der Waals surface area contributed by atoms with Crippen molar-refractivity contribution in [2.45, 2.75) is 58.5 Å². The molecule has 1 aliphatic rings. The van der Waals surface area contributed by atoms with Crippen LogP contribution in [0.2, 0.25) is 0 Å². The Morgan fingerprint density at radius 2 is 2.26 bits per heavy atom. The summed E-state index contributed by atoms with van der Waals surface area (Å²) in [4.78, 5) is 6.85. The first-order chi connectivity index (χ1) is 9.26. The van der Waals surface area contributed by atoms with Crippen LogP contribution in [0.1, 0.15) is 51.2 Å². The van der Waals surface area contributed by atoms with E-state index in [4.69, 9.17) is 10.3 Å². The zero-order chi connectivity index (χ0) is 13.7. The smallest absolute Gasteiger partial charge is 0.226 e. The first kappa shape index (κ1) is 14.5. The van der Waals surface area contributed by atoms with Crippen molar-refractivity contribution in [1.29, 1.82) is 0 Å². The molecule has 5 nitrogen and oxygen atoms in total. The Kier molecular flexibility index (Phi) is 5.34. The monoisotopic (exact) mass is 266 g/mol. The lowest BCUT2D eigenvalue weighted by atomic mass is 9.89. The predicted molar refractivity (Wildman–Crippen MR) is 74.6 cm³/mol. The zero-order valence-electron chi connectivity index (χ0n) is 12.1. The van der Waals surface area contributed by atoms with Crippen molar-refractivity contribution in [2.24, 2.45) is 11.7 Å². The van der Waals surface area contributed by atoms with Crippen LogP contribution in [0.15, 0.2) is 4.52 Å². The molecule has 19 heavy (non-hydrogen) atoms. The average Bonchev–Trinajstić information content (AvgIpc) is 2.87. The SMILES string of the molecule is CCCc1nc(CN2CCC(CC)CC2CN)no1. The summed E-state index contributed by atoms with van der Waals surface area (Å²) in [6, 6.07) is 0.465. The highest BCUT2D eigenvalue weighted by molar-refractivity contribution is 4.90. The lowest BCUT2D eigenvalue weighted by Gasteiger charge is -2.38. The third kappa shape index (κ3) is 3.76. The minimum atomic E-state index is 0.465. The number of aromatic nitrogens is 2. The van der Waals surface area contributed by atoms with E-state index in [-0.39, 0.29) is 0 Å². The average molecular weight is 266 g/mol. The highest BCUT2D eigenvalue weighted by atomic mass is 16.5. The Balaban J connectivity index is 1.93. The number of nitrogens with two attached hydrogens (primary N) is 1. The summed E-state index contributed by atoms with van der Waals surface area (Å²) >= 11 is 0. The molecule has 1 fully saturated rings. The van der Waals surface area contributed by atoms with Crippen LogP contribution in [0.3, 0.4) is 0 Å². The van der Waals surface area contributed by atoms with E-state index in [0.29, 0.717) is 6.04 Å². The number of likely N-dealkylation sites (tertiary alicyclic amines) is 1. The van der Waals surface area contributed by atoms with Crippen molar-refractivity contribution >= 4 is 0 Å². The van der Waals surface area contributed by atoms with Crippen LogP contribution in [-0.4, -0.2) is 34.2 Å². The van der Waals surface area contributed by atoms with E-state index in [2.05, 4.69) is 28.9 Å². The number of nitrogens with zero attached hydrogens (tertiary/aromatic N) is 3. The van der Waals surface area contributed by atoms with Crippen LogP contribution < -0.4 is 5.73 Å². The molecule has 5 heteroatoms. The van der Waals surface area contributed by atoms with E-state index < -0.39 is 0 Å². The molecule has 0 spiro atoms. The molecule has 0 amide bonds. The Hall–Kier alpha value is -0.940. The molecular formula is C14H26N4O. The highest BCUT2D eigenvalue weighted by Gasteiger charge is 2.27. The van der Waals surface area contributed by atoms with Gasteiger partial charge in [0, 0.05) is 19.0 Å². The second-order valence-corrected chi connectivity index (χ2v) is 5.51. The maximum Gasteiger partial charge on any atom is 0.226 e. The molecule has 0 saturated carbocycles.